The van der Waals surface area contributed by atoms with Crippen molar-refractivity contribution in [3.8, 4) is 0 Å². The Bertz CT molecular complexity index is 260. The molecule has 0 aliphatic rings. The van der Waals surface area contributed by atoms with Gasteiger partial charge in [-0.1, -0.05) is 0 Å². The van der Waals surface area contributed by atoms with Crippen LogP contribution in [-0.4, -0.2) is 27.5 Å². The minimum absolute atomic E-state index is 0.238. The van der Waals surface area contributed by atoms with Crippen LogP contribution in [0.1, 0.15) is 25.8 Å². The van der Waals surface area contributed by atoms with E-state index in [0.29, 0.717) is 6.04 Å². The van der Waals surface area contributed by atoms with Crippen molar-refractivity contribution >= 4 is 0 Å². The quantitative estimate of drug-likeness (QED) is 0.708. The summed E-state index contributed by atoms with van der Waals surface area (Å²) in [5.74, 6) is 0. The van der Waals surface area contributed by atoms with E-state index >= 15 is 0 Å². The van der Waals surface area contributed by atoms with Crippen LogP contribution in [0.3, 0.4) is 0 Å². The van der Waals surface area contributed by atoms with E-state index in [1.54, 1.807) is 0 Å². The molecule has 1 heterocycles. The van der Waals surface area contributed by atoms with Gasteiger partial charge in [-0.15, -0.1) is 0 Å². The molecule has 2 N–H and O–H groups in total. The number of hydrogen-bond donors (Lipinski definition) is 2. The molecule has 1 unspecified atom stereocenters. The Morgan fingerprint density at radius 3 is 3.00 bits per heavy atom. The highest BCUT2D eigenvalue weighted by atomic mass is 16.3. The van der Waals surface area contributed by atoms with Crippen molar-refractivity contribution < 1.29 is 5.11 Å². The van der Waals surface area contributed by atoms with Gasteiger partial charge in [-0.25, -0.2) is 0 Å². The molecule has 0 fully saturated rings. The van der Waals surface area contributed by atoms with Crippen LogP contribution in [0.5, 0.6) is 0 Å². The fourth-order valence-electron chi connectivity index (χ4n) is 1.26. The molecule has 0 radical (unpaired) electrons. The van der Waals surface area contributed by atoms with E-state index in [1.165, 1.54) is 5.56 Å². The van der Waals surface area contributed by atoms with E-state index in [2.05, 4.69) is 24.3 Å². The molecule has 0 amide bonds. The van der Waals surface area contributed by atoms with Crippen LogP contribution < -0.4 is 5.32 Å². The normalized spacial score (nSPS) is 13.1. The van der Waals surface area contributed by atoms with Crippen molar-refractivity contribution in [2.24, 2.45) is 0 Å². The maximum Gasteiger partial charge on any atom is 0.0534 e. The molecule has 0 saturated carbocycles. The first-order valence-electron chi connectivity index (χ1n) is 5.11. The standard InChI is InChI=1S/C10H19N3O/c1-3-13-8-10(7-12-13)6-11-9(2)4-5-14/h7-9,11,14H,3-6H2,1-2H3. The Morgan fingerprint density at radius 2 is 2.43 bits per heavy atom. The molecule has 80 valence electrons. The second kappa shape index (κ2) is 5.78. The van der Waals surface area contributed by atoms with Crippen LogP contribution in [0.25, 0.3) is 0 Å². The molecule has 0 saturated heterocycles. The molecule has 1 aromatic rings. The molecule has 0 aliphatic carbocycles. The number of aryl methyl sites for hydroxylation is 1. The average Bonchev–Trinajstić information content (AvgIpc) is 2.63. The highest BCUT2D eigenvalue weighted by Crippen LogP contribution is 1.98. The average molecular weight is 197 g/mol. The Labute approximate surface area is 84.9 Å². The van der Waals surface area contributed by atoms with E-state index in [9.17, 15) is 0 Å². The molecule has 4 nitrogen and oxygen atoms in total. The van der Waals surface area contributed by atoms with Gasteiger partial charge in [0.25, 0.3) is 0 Å². The third-order valence-electron chi connectivity index (χ3n) is 2.23. The van der Waals surface area contributed by atoms with Crippen LogP contribution in [0.4, 0.5) is 0 Å². The van der Waals surface area contributed by atoms with Gasteiger partial charge in [-0.2, -0.15) is 5.10 Å². The highest BCUT2D eigenvalue weighted by Gasteiger charge is 2.01. The molecule has 1 rings (SSSR count). The van der Waals surface area contributed by atoms with Gasteiger partial charge in [0, 0.05) is 37.5 Å². The molecule has 0 aliphatic heterocycles. The van der Waals surface area contributed by atoms with E-state index in [0.717, 1.165) is 19.5 Å². The largest absolute Gasteiger partial charge is 0.396 e. The first-order valence-corrected chi connectivity index (χ1v) is 5.11. The summed E-state index contributed by atoms with van der Waals surface area (Å²) in [7, 11) is 0. The summed E-state index contributed by atoms with van der Waals surface area (Å²) >= 11 is 0. The zero-order valence-corrected chi connectivity index (χ0v) is 8.90. The fourth-order valence-corrected chi connectivity index (χ4v) is 1.26. The lowest BCUT2D eigenvalue weighted by Gasteiger charge is -2.10. The Hall–Kier alpha value is -0.870. The van der Waals surface area contributed by atoms with Crippen LogP contribution >= 0.6 is 0 Å². The molecular weight excluding hydrogens is 178 g/mol. The van der Waals surface area contributed by atoms with Crippen molar-refractivity contribution in [2.45, 2.75) is 39.4 Å². The van der Waals surface area contributed by atoms with Gasteiger partial charge in [-0.05, 0) is 20.3 Å². The molecular formula is C10H19N3O. The summed E-state index contributed by atoms with van der Waals surface area (Å²) in [6.45, 7) is 6.11. The van der Waals surface area contributed by atoms with Gasteiger partial charge in [0.05, 0.1) is 6.20 Å². The third kappa shape index (κ3) is 3.47. The van der Waals surface area contributed by atoms with Crippen LogP contribution in [0.15, 0.2) is 12.4 Å². The van der Waals surface area contributed by atoms with Crippen molar-refractivity contribution in [1.29, 1.82) is 0 Å². The van der Waals surface area contributed by atoms with Crippen LogP contribution in [0, 0.1) is 0 Å². The van der Waals surface area contributed by atoms with Crippen molar-refractivity contribution in [3.05, 3.63) is 18.0 Å². The fraction of sp³-hybridized carbons (Fsp3) is 0.700. The molecule has 14 heavy (non-hydrogen) atoms. The first-order chi connectivity index (χ1) is 6.76. The second-order valence-corrected chi connectivity index (χ2v) is 3.50. The van der Waals surface area contributed by atoms with Gasteiger partial charge in [-0.3, -0.25) is 4.68 Å². The predicted molar refractivity (Wildman–Crippen MR) is 55.9 cm³/mol. The number of hydrogen-bond acceptors (Lipinski definition) is 3. The summed E-state index contributed by atoms with van der Waals surface area (Å²) in [6, 6.07) is 0.352. The monoisotopic (exact) mass is 197 g/mol. The van der Waals surface area contributed by atoms with Gasteiger partial charge in [0.15, 0.2) is 0 Å². The molecule has 1 atom stereocenters. The smallest absolute Gasteiger partial charge is 0.0534 e. The molecule has 0 bridgehead atoms. The first kappa shape index (κ1) is 11.2. The van der Waals surface area contributed by atoms with Crippen molar-refractivity contribution in [1.82, 2.24) is 15.1 Å². The van der Waals surface area contributed by atoms with Crippen molar-refractivity contribution in [3.63, 3.8) is 0 Å². The van der Waals surface area contributed by atoms with Crippen molar-refractivity contribution in [2.75, 3.05) is 6.61 Å². The minimum atomic E-state index is 0.238. The summed E-state index contributed by atoms with van der Waals surface area (Å²) in [5, 5.41) is 16.2. The SMILES string of the molecule is CCn1cc(CNC(C)CCO)cn1. The summed E-state index contributed by atoms with van der Waals surface area (Å²) < 4.78 is 1.91. The van der Waals surface area contributed by atoms with E-state index < -0.39 is 0 Å². The Morgan fingerprint density at radius 1 is 1.64 bits per heavy atom. The zero-order valence-electron chi connectivity index (χ0n) is 8.90. The summed E-state index contributed by atoms with van der Waals surface area (Å²) in [4.78, 5) is 0. The lowest BCUT2D eigenvalue weighted by atomic mass is 10.2. The maximum absolute atomic E-state index is 8.72. The number of aromatic nitrogens is 2. The van der Waals surface area contributed by atoms with Gasteiger partial charge in [0.1, 0.15) is 0 Å². The molecule has 4 heteroatoms. The van der Waals surface area contributed by atoms with Gasteiger partial charge >= 0.3 is 0 Å². The number of rotatable bonds is 6. The highest BCUT2D eigenvalue weighted by molar-refractivity contribution is 5.03. The van der Waals surface area contributed by atoms with E-state index in [4.69, 9.17) is 5.11 Å². The Kier molecular flexibility index (Phi) is 4.62. The predicted octanol–water partition coefficient (Wildman–Crippen LogP) is 0.763. The zero-order chi connectivity index (χ0) is 10.4. The number of aliphatic hydroxyl groups is 1. The lowest BCUT2D eigenvalue weighted by molar-refractivity contribution is 0.268. The summed E-state index contributed by atoms with van der Waals surface area (Å²) in [5.41, 5.74) is 1.19. The van der Waals surface area contributed by atoms with Crippen LogP contribution in [0.2, 0.25) is 0 Å². The van der Waals surface area contributed by atoms with Gasteiger partial charge < -0.3 is 10.4 Å². The maximum atomic E-state index is 8.72. The summed E-state index contributed by atoms with van der Waals surface area (Å²) in [6.07, 6.45) is 4.71. The molecule has 0 spiro atoms. The number of nitrogens with zero attached hydrogens (tertiary/aromatic N) is 2. The minimum Gasteiger partial charge on any atom is -0.396 e. The third-order valence-corrected chi connectivity index (χ3v) is 2.23. The number of aliphatic hydroxyl groups excluding tert-OH is 1. The van der Waals surface area contributed by atoms with E-state index in [1.807, 2.05) is 17.1 Å². The number of nitrogens with one attached hydrogen (secondary N) is 1. The topological polar surface area (TPSA) is 50.1 Å². The Balaban J connectivity index is 2.30. The van der Waals surface area contributed by atoms with Gasteiger partial charge in [0.2, 0.25) is 0 Å². The van der Waals surface area contributed by atoms with E-state index in [-0.39, 0.29) is 6.61 Å². The molecule has 1 aromatic heterocycles. The molecule has 0 aromatic carbocycles. The van der Waals surface area contributed by atoms with Crippen LogP contribution in [-0.2, 0) is 13.1 Å². The second-order valence-electron chi connectivity index (χ2n) is 3.50. The lowest BCUT2D eigenvalue weighted by Crippen LogP contribution is -2.26.